The van der Waals surface area contributed by atoms with Gasteiger partial charge >= 0.3 is 0 Å². The highest BCUT2D eigenvalue weighted by Crippen LogP contribution is 2.17. The van der Waals surface area contributed by atoms with E-state index in [-0.39, 0.29) is 0 Å². The Balaban J connectivity index is 1.44. The van der Waals surface area contributed by atoms with Gasteiger partial charge in [0.1, 0.15) is 0 Å². The van der Waals surface area contributed by atoms with Gasteiger partial charge in [0.15, 0.2) is 11.8 Å². The molecule has 8 nitrogen and oxygen atoms in total. The number of morpholine rings is 1. The van der Waals surface area contributed by atoms with Crippen LogP contribution in [0.25, 0.3) is 0 Å². The fourth-order valence-electron chi connectivity index (χ4n) is 3.39. The molecule has 2 aliphatic rings. The maximum Gasteiger partial charge on any atom is 0.228 e. The highest BCUT2D eigenvalue weighted by molar-refractivity contribution is 5.80. The van der Waals surface area contributed by atoms with Gasteiger partial charge in [-0.15, -0.1) is 0 Å². The summed E-state index contributed by atoms with van der Waals surface area (Å²) in [6.45, 7) is 10.7. The molecule has 0 saturated carbocycles. The molecule has 0 spiro atoms. The van der Waals surface area contributed by atoms with Crippen LogP contribution in [0.2, 0.25) is 0 Å². The van der Waals surface area contributed by atoms with Crippen molar-refractivity contribution < 1.29 is 9.26 Å². The van der Waals surface area contributed by atoms with Crippen LogP contribution in [0.3, 0.4) is 0 Å². The molecule has 1 N–H and O–H groups in total. The van der Waals surface area contributed by atoms with Gasteiger partial charge < -0.3 is 19.5 Å². The first-order valence-corrected chi connectivity index (χ1v) is 9.27. The van der Waals surface area contributed by atoms with Crippen LogP contribution in [0, 0.1) is 0 Å². The maximum absolute atomic E-state index is 5.46. The van der Waals surface area contributed by atoms with Crippen LogP contribution >= 0.6 is 0 Å². The molecule has 0 radical (unpaired) electrons. The van der Waals surface area contributed by atoms with Crippen molar-refractivity contribution in [1.29, 1.82) is 0 Å². The Morgan fingerprint density at radius 2 is 2.12 bits per heavy atom. The molecule has 2 saturated heterocycles. The minimum atomic E-state index is 0.292. The molecule has 8 heteroatoms. The molecular weight excluding hydrogens is 320 g/mol. The quantitative estimate of drug-likeness (QED) is 0.619. The van der Waals surface area contributed by atoms with Gasteiger partial charge in [-0.1, -0.05) is 19.0 Å². The normalized spacial score (nSPS) is 22.8. The number of hydrogen-bond acceptors (Lipinski definition) is 6. The Morgan fingerprint density at radius 1 is 1.32 bits per heavy atom. The second-order valence-corrected chi connectivity index (χ2v) is 6.96. The first kappa shape index (κ1) is 18.1. The van der Waals surface area contributed by atoms with Gasteiger partial charge in [0.05, 0.1) is 13.2 Å². The second-order valence-electron chi connectivity index (χ2n) is 6.96. The van der Waals surface area contributed by atoms with Crippen molar-refractivity contribution in [1.82, 2.24) is 25.3 Å². The lowest BCUT2D eigenvalue weighted by molar-refractivity contribution is 0.0195. The van der Waals surface area contributed by atoms with Crippen LogP contribution in [-0.2, 0) is 11.2 Å². The molecule has 1 aromatic heterocycles. The molecule has 2 fully saturated rings. The molecule has 3 heterocycles. The van der Waals surface area contributed by atoms with Gasteiger partial charge in [0, 0.05) is 58.2 Å². The number of aliphatic imine (C=N–C) groups is 1. The van der Waals surface area contributed by atoms with Gasteiger partial charge in [-0.2, -0.15) is 4.98 Å². The SMILES string of the molecule is CN=C(NCCc1nc(C(C)C)no1)N1CCC(N2CCOCC2)C1. The third-order valence-electron chi connectivity index (χ3n) is 4.86. The molecule has 25 heavy (non-hydrogen) atoms. The Bertz CT molecular complexity index is 567. The molecule has 140 valence electrons. The summed E-state index contributed by atoms with van der Waals surface area (Å²) >= 11 is 0. The second kappa shape index (κ2) is 8.62. The van der Waals surface area contributed by atoms with Crippen molar-refractivity contribution in [3.05, 3.63) is 11.7 Å². The van der Waals surface area contributed by atoms with E-state index in [4.69, 9.17) is 9.26 Å². The summed E-state index contributed by atoms with van der Waals surface area (Å²) in [4.78, 5) is 13.7. The predicted octanol–water partition coefficient (Wildman–Crippen LogP) is 0.717. The first-order valence-electron chi connectivity index (χ1n) is 9.27. The zero-order chi connectivity index (χ0) is 17.6. The molecule has 0 aromatic carbocycles. The average molecular weight is 350 g/mol. The van der Waals surface area contributed by atoms with E-state index in [1.165, 1.54) is 6.42 Å². The zero-order valence-electron chi connectivity index (χ0n) is 15.6. The van der Waals surface area contributed by atoms with Crippen molar-refractivity contribution in [2.75, 3.05) is 53.0 Å². The van der Waals surface area contributed by atoms with E-state index in [2.05, 4.69) is 44.1 Å². The summed E-state index contributed by atoms with van der Waals surface area (Å²) in [6.07, 6.45) is 1.89. The third-order valence-corrected chi connectivity index (χ3v) is 4.86. The lowest BCUT2D eigenvalue weighted by Crippen LogP contribution is -2.46. The minimum Gasteiger partial charge on any atom is -0.379 e. The predicted molar refractivity (Wildman–Crippen MR) is 95.8 cm³/mol. The van der Waals surface area contributed by atoms with Gasteiger partial charge in [-0.25, -0.2) is 0 Å². The third kappa shape index (κ3) is 4.70. The molecule has 1 unspecified atom stereocenters. The van der Waals surface area contributed by atoms with E-state index >= 15 is 0 Å². The molecule has 0 amide bonds. The van der Waals surface area contributed by atoms with E-state index in [0.717, 1.165) is 57.7 Å². The fraction of sp³-hybridized carbons (Fsp3) is 0.824. The Morgan fingerprint density at radius 3 is 2.80 bits per heavy atom. The number of nitrogens with one attached hydrogen (secondary N) is 1. The molecule has 1 aromatic rings. The van der Waals surface area contributed by atoms with Crippen molar-refractivity contribution >= 4 is 5.96 Å². The van der Waals surface area contributed by atoms with E-state index in [1.807, 2.05) is 7.05 Å². The van der Waals surface area contributed by atoms with E-state index in [0.29, 0.717) is 24.3 Å². The molecule has 3 rings (SSSR count). The van der Waals surface area contributed by atoms with E-state index in [9.17, 15) is 0 Å². The van der Waals surface area contributed by atoms with Crippen molar-refractivity contribution in [3.63, 3.8) is 0 Å². The average Bonchev–Trinajstić information content (AvgIpc) is 3.29. The van der Waals surface area contributed by atoms with Gasteiger partial charge in [-0.05, 0) is 6.42 Å². The van der Waals surface area contributed by atoms with Crippen LogP contribution in [0.15, 0.2) is 9.52 Å². The number of nitrogens with zero attached hydrogens (tertiary/aromatic N) is 5. The number of guanidine groups is 1. The van der Waals surface area contributed by atoms with E-state index in [1.54, 1.807) is 0 Å². The Kier molecular flexibility index (Phi) is 6.25. The zero-order valence-corrected chi connectivity index (χ0v) is 15.6. The molecule has 0 bridgehead atoms. The van der Waals surface area contributed by atoms with Crippen LogP contribution in [0.4, 0.5) is 0 Å². The smallest absolute Gasteiger partial charge is 0.228 e. The first-order chi connectivity index (χ1) is 12.2. The van der Waals surface area contributed by atoms with Crippen molar-refractivity contribution in [2.45, 2.75) is 38.6 Å². The van der Waals surface area contributed by atoms with Gasteiger partial charge in [0.25, 0.3) is 0 Å². The largest absolute Gasteiger partial charge is 0.379 e. The number of likely N-dealkylation sites (tertiary alicyclic amines) is 1. The van der Waals surface area contributed by atoms with Crippen molar-refractivity contribution in [3.8, 4) is 0 Å². The summed E-state index contributed by atoms with van der Waals surface area (Å²) in [5.74, 6) is 2.70. The maximum atomic E-state index is 5.46. The summed E-state index contributed by atoms with van der Waals surface area (Å²) in [5, 5.41) is 7.43. The van der Waals surface area contributed by atoms with Gasteiger partial charge in [-0.3, -0.25) is 9.89 Å². The monoisotopic (exact) mass is 350 g/mol. The Hall–Kier alpha value is -1.67. The molecule has 1 atom stereocenters. The van der Waals surface area contributed by atoms with Crippen LogP contribution in [0.1, 0.15) is 37.9 Å². The van der Waals surface area contributed by atoms with Crippen LogP contribution in [0.5, 0.6) is 0 Å². The summed E-state index contributed by atoms with van der Waals surface area (Å²) in [6, 6.07) is 0.604. The van der Waals surface area contributed by atoms with Gasteiger partial charge in [0.2, 0.25) is 5.89 Å². The van der Waals surface area contributed by atoms with E-state index < -0.39 is 0 Å². The highest BCUT2D eigenvalue weighted by Gasteiger charge is 2.30. The topological polar surface area (TPSA) is 79.0 Å². The fourth-order valence-corrected chi connectivity index (χ4v) is 3.39. The minimum absolute atomic E-state index is 0.292. The number of rotatable bonds is 5. The lowest BCUT2D eigenvalue weighted by Gasteiger charge is -2.32. The van der Waals surface area contributed by atoms with Crippen LogP contribution < -0.4 is 5.32 Å². The molecule has 2 aliphatic heterocycles. The number of hydrogen-bond donors (Lipinski definition) is 1. The summed E-state index contributed by atoms with van der Waals surface area (Å²) < 4.78 is 10.7. The summed E-state index contributed by atoms with van der Waals surface area (Å²) in [5.41, 5.74) is 0. The number of ether oxygens (including phenoxy) is 1. The standard InChI is InChI=1S/C17H30N6O2/c1-13(2)16-20-15(25-21-16)4-6-19-17(18-3)23-7-5-14(12-23)22-8-10-24-11-9-22/h13-14H,4-12H2,1-3H3,(H,18,19). The van der Waals surface area contributed by atoms with Crippen LogP contribution in [-0.4, -0.2) is 84.9 Å². The molecular formula is C17H30N6O2. The van der Waals surface area contributed by atoms with Crippen molar-refractivity contribution in [2.24, 2.45) is 4.99 Å². The lowest BCUT2D eigenvalue weighted by atomic mass is 10.2. The molecule has 0 aliphatic carbocycles. The number of aromatic nitrogens is 2. The highest BCUT2D eigenvalue weighted by atomic mass is 16.5. The summed E-state index contributed by atoms with van der Waals surface area (Å²) in [7, 11) is 1.84. The Labute approximate surface area is 149 Å².